The fraction of sp³-hybridized carbons (Fsp3) is 0.778. The smallest absolute Gasteiger partial charge is 0.137 e. The second-order valence-corrected chi connectivity index (χ2v) is 2.64. The first-order chi connectivity index (χ1) is 6.85. The van der Waals surface area contributed by atoms with E-state index in [-0.39, 0.29) is 0 Å². The van der Waals surface area contributed by atoms with Crippen molar-refractivity contribution < 1.29 is 4.74 Å². The predicted molar refractivity (Wildman–Crippen MR) is 55.5 cm³/mol. The second kappa shape index (κ2) is 9.87. The van der Waals surface area contributed by atoms with E-state index in [0.29, 0.717) is 6.61 Å². The van der Waals surface area contributed by atoms with Gasteiger partial charge in [0, 0.05) is 4.91 Å². The highest BCUT2D eigenvalue weighted by molar-refractivity contribution is 4.95. The van der Waals surface area contributed by atoms with Crippen LogP contribution in [-0.4, -0.2) is 26.4 Å². The van der Waals surface area contributed by atoms with Crippen LogP contribution in [0.2, 0.25) is 0 Å². The van der Waals surface area contributed by atoms with E-state index in [1.807, 2.05) is 7.05 Å². The molecule has 0 aliphatic rings. The van der Waals surface area contributed by atoms with Crippen LogP contribution in [0.1, 0.15) is 19.8 Å². The molecular weight excluding hydrogens is 180 g/mol. The van der Waals surface area contributed by atoms with Gasteiger partial charge in [0.2, 0.25) is 0 Å². The van der Waals surface area contributed by atoms with Gasteiger partial charge in [-0.1, -0.05) is 11.0 Å². The minimum atomic E-state index is -0.394. The first kappa shape index (κ1) is 12.8. The van der Waals surface area contributed by atoms with Crippen LogP contribution in [0.25, 0.3) is 10.4 Å². The van der Waals surface area contributed by atoms with E-state index in [1.54, 1.807) is 6.92 Å². The van der Waals surface area contributed by atoms with Crippen molar-refractivity contribution in [1.82, 2.24) is 5.32 Å². The van der Waals surface area contributed by atoms with Crippen molar-refractivity contribution in [3.63, 3.8) is 0 Å². The van der Waals surface area contributed by atoms with Gasteiger partial charge in [-0.15, -0.1) is 5.92 Å². The van der Waals surface area contributed by atoms with Crippen molar-refractivity contribution in [2.45, 2.75) is 26.0 Å². The quantitative estimate of drug-likeness (QED) is 0.221. The van der Waals surface area contributed by atoms with E-state index >= 15 is 0 Å². The Morgan fingerprint density at radius 1 is 1.64 bits per heavy atom. The molecule has 0 aromatic rings. The SMILES string of the molecule is CC#CCOC(CCCNC)N=[N+]=[N-]. The maximum absolute atomic E-state index is 8.28. The molecule has 78 valence electrons. The van der Waals surface area contributed by atoms with E-state index in [0.717, 1.165) is 19.4 Å². The molecule has 0 radical (unpaired) electrons. The van der Waals surface area contributed by atoms with Crippen LogP contribution in [0.5, 0.6) is 0 Å². The van der Waals surface area contributed by atoms with Crippen LogP contribution in [0.3, 0.4) is 0 Å². The van der Waals surface area contributed by atoms with Gasteiger partial charge in [-0.05, 0) is 38.9 Å². The molecule has 5 heteroatoms. The molecule has 1 N–H and O–H groups in total. The van der Waals surface area contributed by atoms with Crippen molar-refractivity contribution in [3.05, 3.63) is 10.4 Å². The van der Waals surface area contributed by atoms with Crippen LogP contribution in [-0.2, 0) is 4.74 Å². The minimum Gasteiger partial charge on any atom is -0.360 e. The van der Waals surface area contributed by atoms with Gasteiger partial charge in [0.25, 0.3) is 0 Å². The van der Waals surface area contributed by atoms with Gasteiger partial charge >= 0.3 is 0 Å². The molecule has 0 bridgehead atoms. The van der Waals surface area contributed by atoms with Gasteiger partial charge in [-0.2, -0.15) is 0 Å². The van der Waals surface area contributed by atoms with E-state index in [2.05, 4.69) is 27.2 Å². The van der Waals surface area contributed by atoms with E-state index < -0.39 is 6.23 Å². The van der Waals surface area contributed by atoms with Gasteiger partial charge in [0.15, 0.2) is 0 Å². The van der Waals surface area contributed by atoms with Gasteiger partial charge in [0.05, 0.1) is 0 Å². The second-order valence-electron chi connectivity index (χ2n) is 2.64. The average Bonchev–Trinajstić information content (AvgIpc) is 2.18. The molecule has 0 fully saturated rings. The number of hydrogen-bond acceptors (Lipinski definition) is 3. The number of ether oxygens (including phenoxy) is 1. The summed E-state index contributed by atoms with van der Waals surface area (Å²) in [5.74, 6) is 5.47. The Balaban J connectivity index is 3.75. The summed E-state index contributed by atoms with van der Waals surface area (Å²) in [4.78, 5) is 2.72. The molecule has 14 heavy (non-hydrogen) atoms. The van der Waals surface area contributed by atoms with Crippen LogP contribution in [0.15, 0.2) is 5.11 Å². The lowest BCUT2D eigenvalue weighted by Crippen LogP contribution is -2.14. The van der Waals surface area contributed by atoms with Gasteiger partial charge in [0.1, 0.15) is 12.8 Å². The Labute approximate surface area is 84.5 Å². The monoisotopic (exact) mass is 196 g/mol. The summed E-state index contributed by atoms with van der Waals surface area (Å²) in [6, 6.07) is 0. The molecule has 0 rings (SSSR count). The zero-order valence-corrected chi connectivity index (χ0v) is 8.66. The zero-order chi connectivity index (χ0) is 10.6. The van der Waals surface area contributed by atoms with Crippen molar-refractivity contribution in [2.24, 2.45) is 5.11 Å². The third-order valence-electron chi connectivity index (χ3n) is 1.58. The van der Waals surface area contributed by atoms with E-state index in [4.69, 9.17) is 10.3 Å². The highest BCUT2D eigenvalue weighted by Crippen LogP contribution is 2.03. The normalized spacial score (nSPS) is 11.0. The largest absolute Gasteiger partial charge is 0.360 e. The third kappa shape index (κ3) is 7.44. The first-order valence-electron chi connectivity index (χ1n) is 4.55. The maximum Gasteiger partial charge on any atom is 0.137 e. The molecular formula is C9H16N4O. The van der Waals surface area contributed by atoms with Crippen molar-refractivity contribution in [2.75, 3.05) is 20.2 Å². The summed E-state index contributed by atoms with van der Waals surface area (Å²) in [7, 11) is 1.88. The topological polar surface area (TPSA) is 70.0 Å². The van der Waals surface area contributed by atoms with Crippen LogP contribution < -0.4 is 5.32 Å². The molecule has 0 aliphatic heterocycles. The molecule has 0 aromatic heterocycles. The molecule has 1 atom stereocenters. The fourth-order valence-electron chi connectivity index (χ4n) is 0.895. The van der Waals surface area contributed by atoms with Gasteiger partial charge < -0.3 is 10.1 Å². The number of rotatable bonds is 7. The molecule has 0 aliphatic carbocycles. The predicted octanol–water partition coefficient (Wildman–Crippen LogP) is 1.66. The standard InChI is InChI=1S/C9H16N4O/c1-3-4-8-14-9(12-13-10)6-5-7-11-2/h9,11H,5-8H2,1-2H3. The number of azide groups is 1. The molecule has 0 aromatic carbocycles. The summed E-state index contributed by atoms with van der Waals surface area (Å²) in [5, 5.41) is 6.54. The molecule has 0 saturated carbocycles. The summed E-state index contributed by atoms with van der Waals surface area (Å²) in [5.41, 5.74) is 8.28. The van der Waals surface area contributed by atoms with Crippen LogP contribution in [0.4, 0.5) is 0 Å². The molecule has 5 nitrogen and oxygen atoms in total. The molecule has 0 amide bonds. The number of nitrogens with zero attached hydrogens (tertiary/aromatic N) is 3. The lowest BCUT2D eigenvalue weighted by molar-refractivity contribution is 0.0752. The van der Waals surface area contributed by atoms with Crippen molar-refractivity contribution in [1.29, 1.82) is 0 Å². The maximum atomic E-state index is 8.28. The lowest BCUT2D eigenvalue weighted by atomic mass is 10.3. The minimum absolute atomic E-state index is 0.319. The van der Waals surface area contributed by atoms with E-state index in [9.17, 15) is 0 Å². The Bertz CT molecular complexity index is 237. The molecule has 1 unspecified atom stereocenters. The number of hydrogen-bond donors (Lipinski definition) is 1. The lowest BCUT2D eigenvalue weighted by Gasteiger charge is -2.09. The summed E-state index contributed by atoms with van der Waals surface area (Å²) < 4.78 is 5.25. The van der Waals surface area contributed by atoms with Crippen molar-refractivity contribution in [3.8, 4) is 11.8 Å². The Morgan fingerprint density at radius 2 is 2.43 bits per heavy atom. The summed E-state index contributed by atoms with van der Waals surface area (Å²) in [6.07, 6.45) is 1.24. The van der Waals surface area contributed by atoms with Crippen LogP contribution in [0, 0.1) is 11.8 Å². The Morgan fingerprint density at radius 3 is 3.00 bits per heavy atom. The zero-order valence-electron chi connectivity index (χ0n) is 8.66. The summed E-state index contributed by atoms with van der Waals surface area (Å²) >= 11 is 0. The van der Waals surface area contributed by atoms with Gasteiger partial charge in [-0.3, -0.25) is 0 Å². The highest BCUT2D eigenvalue weighted by Gasteiger charge is 2.04. The fourth-order valence-corrected chi connectivity index (χ4v) is 0.895. The molecule has 0 heterocycles. The van der Waals surface area contributed by atoms with Crippen LogP contribution >= 0.6 is 0 Å². The van der Waals surface area contributed by atoms with Crippen molar-refractivity contribution >= 4 is 0 Å². The summed E-state index contributed by atoms with van der Waals surface area (Å²) in [6.45, 7) is 2.95. The van der Waals surface area contributed by atoms with Gasteiger partial charge in [-0.25, -0.2) is 0 Å². The highest BCUT2D eigenvalue weighted by atomic mass is 16.5. The number of nitrogens with one attached hydrogen (secondary N) is 1. The third-order valence-corrected chi connectivity index (χ3v) is 1.58. The first-order valence-corrected chi connectivity index (χ1v) is 4.55. The average molecular weight is 196 g/mol. The van der Waals surface area contributed by atoms with E-state index in [1.165, 1.54) is 0 Å². The molecule has 0 saturated heterocycles. The Kier molecular flexibility index (Phi) is 9.02. The Hall–Kier alpha value is -1.21. The molecule has 0 spiro atoms.